The number of furan rings is 1. The fraction of sp³-hybridized carbons (Fsp3) is 0.150. The van der Waals surface area contributed by atoms with E-state index in [9.17, 15) is 0 Å². The molecule has 0 N–H and O–H groups in total. The first-order valence-corrected chi connectivity index (χ1v) is 7.72. The summed E-state index contributed by atoms with van der Waals surface area (Å²) in [6, 6.07) is 15.7. The van der Waals surface area contributed by atoms with Crippen LogP contribution in [0.1, 0.15) is 5.56 Å². The van der Waals surface area contributed by atoms with Gasteiger partial charge in [0, 0.05) is 10.8 Å². The van der Waals surface area contributed by atoms with Gasteiger partial charge >= 0.3 is 0 Å². The van der Waals surface area contributed by atoms with E-state index in [0.717, 1.165) is 44.6 Å². The quantitative estimate of drug-likeness (QED) is 0.534. The van der Waals surface area contributed by atoms with E-state index in [1.165, 1.54) is 0 Å². The lowest BCUT2D eigenvalue weighted by Gasteiger charge is -2.12. The monoisotopic (exact) mass is 319 g/mol. The van der Waals surface area contributed by atoms with Crippen molar-refractivity contribution in [3.63, 3.8) is 0 Å². The molecule has 0 saturated heterocycles. The van der Waals surface area contributed by atoms with Gasteiger partial charge in [-0.3, -0.25) is 0 Å². The minimum atomic E-state index is 0.715. The van der Waals surface area contributed by atoms with Crippen molar-refractivity contribution >= 4 is 21.9 Å². The summed E-state index contributed by atoms with van der Waals surface area (Å²) >= 11 is 0. The maximum absolute atomic E-state index is 5.95. The molecule has 0 spiro atoms. The number of pyridine rings is 1. The molecule has 0 bridgehead atoms. The molecule has 4 heteroatoms. The van der Waals surface area contributed by atoms with Crippen LogP contribution in [-0.4, -0.2) is 19.2 Å². The van der Waals surface area contributed by atoms with Gasteiger partial charge in [-0.25, -0.2) is 4.98 Å². The molecule has 4 rings (SSSR count). The van der Waals surface area contributed by atoms with Gasteiger partial charge in [-0.05, 0) is 42.8 Å². The second-order valence-electron chi connectivity index (χ2n) is 5.67. The number of hydrogen-bond donors (Lipinski definition) is 0. The maximum atomic E-state index is 5.95. The molecule has 0 unspecified atom stereocenters. The van der Waals surface area contributed by atoms with Gasteiger partial charge in [-0.1, -0.05) is 18.2 Å². The van der Waals surface area contributed by atoms with Crippen LogP contribution in [0.2, 0.25) is 0 Å². The van der Waals surface area contributed by atoms with Gasteiger partial charge in [0.2, 0.25) is 0 Å². The molecular formula is C20H17NO3. The first kappa shape index (κ1) is 14.6. The molecular weight excluding hydrogens is 302 g/mol. The SMILES string of the molecule is COc1ccc(OC)c2c(C)cc(-c3cc4ccccc4o3)nc12. The summed E-state index contributed by atoms with van der Waals surface area (Å²) in [5, 5.41) is 2.02. The summed E-state index contributed by atoms with van der Waals surface area (Å²) in [5.41, 5.74) is 3.46. The van der Waals surface area contributed by atoms with E-state index in [0.29, 0.717) is 5.75 Å². The van der Waals surface area contributed by atoms with Crippen LogP contribution >= 0.6 is 0 Å². The molecule has 0 aliphatic heterocycles. The van der Waals surface area contributed by atoms with Crippen LogP contribution in [0, 0.1) is 6.92 Å². The summed E-state index contributed by atoms with van der Waals surface area (Å²) in [6.07, 6.45) is 0. The van der Waals surface area contributed by atoms with Crippen molar-refractivity contribution in [2.24, 2.45) is 0 Å². The number of para-hydroxylation sites is 1. The number of nitrogens with zero attached hydrogens (tertiary/aromatic N) is 1. The molecule has 2 aromatic carbocycles. The molecule has 0 aliphatic carbocycles. The number of aromatic nitrogens is 1. The van der Waals surface area contributed by atoms with Crippen LogP contribution in [0.4, 0.5) is 0 Å². The van der Waals surface area contributed by atoms with Crippen LogP contribution in [0.25, 0.3) is 33.3 Å². The Kier molecular flexibility index (Phi) is 3.38. The lowest BCUT2D eigenvalue weighted by atomic mass is 10.1. The minimum absolute atomic E-state index is 0.715. The van der Waals surface area contributed by atoms with E-state index in [1.807, 2.05) is 55.5 Å². The lowest BCUT2D eigenvalue weighted by molar-refractivity contribution is 0.409. The van der Waals surface area contributed by atoms with Crippen molar-refractivity contribution in [3.05, 3.63) is 54.1 Å². The predicted molar refractivity (Wildman–Crippen MR) is 94.8 cm³/mol. The Morgan fingerprint density at radius 1 is 0.917 bits per heavy atom. The first-order chi connectivity index (χ1) is 11.7. The highest BCUT2D eigenvalue weighted by atomic mass is 16.5. The van der Waals surface area contributed by atoms with E-state index in [-0.39, 0.29) is 0 Å². The van der Waals surface area contributed by atoms with Crippen molar-refractivity contribution in [2.75, 3.05) is 14.2 Å². The fourth-order valence-corrected chi connectivity index (χ4v) is 3.04. The van der Waals surface area contributed by atoms with Crippen LogP contribution in [0.15, 0.2) is 52.9 Å². The number of ether oxygens (including phenoxy) is 2. The van der Waals surface area contributed by atoms with Crippen molar-refractivity contribution in [2.45, 2.75) is 6.92 Å². The van der Waals surface area contributed by atoms with E-state index < -0.39 is 0 Å². The molecule has 0 atom stereocenters. The van der Waals surface area contributed by atoms with E-state index >= 15 is 0 Å². The minimum Gasteiger partial charge on any atom is -0.496 e. The smallest absolute Gasteiger partial charge is 0.153 e. The molecule has 2 heterocycles. The molecule has 0 aliphatic rings. The Balaban J connectivity index is 2.00. The van der Waals surface area contributed by atoms with Gasteiger partial charge in [-0.15, -0.1) is 0 Å². The average Bonchev–Trinajstić information content (AvgIpc) is 3.04. The Morgan fingerprint density at radius 3 is 2.42 bits per heavy atom. The Hall–Kier alpha value is -3.01. The largest absolute Gasteiger partial charge is 0.496 e. The molecule has 0 amide bonds. The van der Waals surface area contributed by atoms with Gasteiger partial charge in [-0.2, -0.15) is 0 Å². The van der Waals surface area contributed by atoms with Crippen LogP contribution in [0.5, 0.6) is 11.5 Å². The number of benzene rings is 2. The van der Waals surface area contributed by atoms with Crippen LogP contribution in [0.3, 0.4) is 0 Å². The normalized spacial score (nSPS) is 11.1. The molecule has 0 radical (unpaired) electrons. The molecule has 4 aromatic rings. The van der Waals surface area contributed by atoms with Crippen molar-refractivity contribution in [1.29, 1.82) is 0 Å². The number of hydrogen-bond acceptors (Lipinski definition) is 4. The second-order valence-corrected chi connectivity index (χ2v) is 5.67. The lowest BCUT2D eigenvalue weighted by Crippen LogP contribution is -1.95. The van der Waals surface area contributed by atoms with Gasteiger partial charge < -0.3 is 13.9 Å². The Morgan fingerprint density at radius 2 is 1.67 bits per heavy atom. The zero-order chi connectivity index (χ0) is 16.7. The topological polar surface area (TPSA) is 44.5 Å². The van der Waals surface area contributed by atoms with Crippen LogP contribution < -0.4 is 9.47 Å². The van der Waals surface area contributed by atoms with E-state index in [4.69, 9.17) is 18.9 Å². The molecule has 2 aromatic heterocycles. The third kappa shape index (κ3) is 2.19. The first-order valence-electron chi connectivity index (χ1n) is 7.72. The Bertz CT molecular complexity index is 1020. The van der Waals surface area contributed by atoms with Crippen molar-refractivity contribution in [1.82, 2.24) is 4.98 Å². The van der Waals surface area contributed by atoms with Gasteiger partial charge in [0.1, 0.15) is 28.3 Å². The average molecular weight is 319 g/mol. The summed E-state index contributed by atoms with van der Waals surface area (Å²) in [4.78, 5) is 4.78. The van der Waals surface area contributed by atoms with E-state index in [2.05, 4.69) is 0 Å². The molecule has 120 valence electrons. The zero-order valence-electron chi connectivity index (χ0n) is 13.8. The standard InChI is InChI=1S/C20H17NO3/c1-12-10-14(18-11-13-6-4-5-7-15(13)24-18)21-20-17(23-3)9-8-16(22-2)19(12)20/h4-11H,1-3H3. The number of fused-ring (bicyclic) bond motifs is 2. The summed E-state index contributed by atoms with van der Waals surface area (Å²) in [7, 11) is 3.31. The van der Waals surface area contributed by atoms with Gasteiger partial charge in [0.15, 0.2) is 5.76 Å². The maximum Gasteiger partial charge on any atom is 0.153 e. The van der Waals surface area contributed by atoms with Gasteiger partial charge in [0.05, 0.1) is 14.2 Å². The van der Waals surface area contributed by atoms with Crippen molar-refractivity contribution < 1.29 is 13.9 Å². The zero-order valence-corrected chi connectivity index (χ0v) is 13.8. The molecule has 0 saturated carbocycles. The summed E-state index contributed by atoms with van der Waals surface area (Å²) in [5.74, 6) is 2.24. The third-order valence-electron chi connectivity index (χ3n) is 4.20. The predicted octanol–water partition coefficient (Wildman–Crippen LogP) is 4.97. The third-order valence-corrected chi connectivity index (χ3v) is 4.20. The highest BCUT2D eigenvalue weighted by Gasteiger charge is 2.15. The van der Waals surface area contributed by atoms with E-state index in [1.54, 1.807) is 14.2 Å². The summed E-state index contributed by atoms with van der Waals surface area (Å²) in [6.45, 7) is 2.04. The number of aryl methyl sites for hydroxylation is 1. The number of methoxy groups -OCH3 is 2. The molecule has 4 nitrogen and oxygen atoms in total. The Labute approximate surface area is 139 Å². The molecule has 24 heavy (non-hydrogen) atoms. The highest BCUT2D eigenvalue weighted by molar-refractivity contribution is 5.94. The second kappa shape index (κ2) is 5.57. The summed E-state index contributed by atoms with van der Waals surface area (Å²) < 4.78 is 16.9. The van der Waals surface area contributed by atoms with Gasteiger partial charge in [0.25, 0.3) is 0 Å². The molecule has 0 fully saturated rings. The van der Waals surface area contributed by atoms with Crippen molar-refractivity contribution in [3.8, 4) is 23.0 Å². The fourth-order valence-electron chi connectivity index (χ4n) is 3.04. The highest BCUT2D eigenvalue weighted by Crippen LogP contribution is 2.37. The van der Waals surface area contributed by atoms with Crippen LogP contribution in [-0.2, 0) is 0 Å². The number of rotatable bonds is 3.